The fourth-order valence-electron chi connectivity index (χ4n) is 1.96. The standard InChI is InChI=1S/C15H22O2S/c1-3-9-14(4-2)10-8-13-18(16,17)15-11-6-5-7-12-15/h5-8,11-14H,3-4,9-10H2,1-2H3/b13-8-. The Morgan fingerprint density at radius 2 is 1.83 bits per heavy atom. The lowest BCUT2D eigenvalue weighted by atomic mass is 9.97. The molecule has 1 atom stereocenters. The molecule has 0 N–H and O–H groups in total. The highest BCUT2D eigenvalue weighted by molar-refractivity contribution is 7.94. The second-order valence-electron chi connectivity index (χ2n) is 4.53. The molecule has 0 bridgehead atoms. The molecular weight excluding hydrogens is 244 g/mol. The quantitative estimate of drug-likeness (QED) is 0.741. The number of sulfone groups is 1. The Labute approximate surface area is 111 Å². The molecule has 0 aliphatic carbocycles. The fourth-order valence-corrected chi connectivity index (χ4v) is 3.02. The number of allylic oxidation sites excluding steroid dienone is 1. The van der Waals surface area contributed by atoms with E-state index in [0.29, 0.717) is 10.8 Å². The van der Waals surface area contributed by atoms with Crippen molar-refractivity contribution in [2.75, 3.05) is 0 Å². The molecule has 0 amide bonds. The van der Waals surface area contributed by atoms with Gasteiger partial charge in [-0.1, -0.05) is 57.4 Å². The Balaban J connectivity index is 2.66. The minimum Gasteiger partial charge on any atom is -0.219 e. The van der Waals surface area contributed by atoms with Crippen LogP contribution in [-0.2, 0) is 9.84 Å². The number of hydrogen-bond acceptors (Lipinski definition) is 2. The first-order valence-corrected chi connectivity index (χ1v) is 8.11. The van der Waals surface area contributed by atoms with Crippen LogP contribution in [0.4, 0.5) is 0 Å². The van der Waals surface area contributed by atoms with Gasteiger partial charge >= 0.3 is 0 Å². The van der Waals surface area contributed by atoms with E-state index in [-0.39, 0.29) is 0 Å². The van der Waals surface area contributed by atoms with Crippen LogP contribution in [0.5, 0.6) is 0 Å². The van der Waals surface area contributed by atoms with Crippen molar-refractivity contribution in [3.05, 3.63) is 41.8 Å². The smallest absolute Gasteiger partial charge is 0.199 e. The minimum atomic E-state index is -3.26. The van der Waals surface area contributed by atoms with Gasteiger partial charge in [0.15, 0.2) is 9.84 Å². The average Bonchev–Trinajstić information content (AvgIpc) is 2.38. The van der Waals surface area contributed by atoms with Crippen molar-refractivity contribution in [3.63, 3.8) is 0 Å². The molecule has 0 saturated carbocycles. The van der Waals surface area contributed by atoms with Gasteiger partial charge in [-0.15, -0.1) is 0 Å². The summed E-state index contributed by atoms with van der Waals surface area (Å²) in [6, 6.07) is 8.56. The zero-order valence-electron chi connectivity index (χ0n) is 11.2. The Bertz CT molecular complexity index is 461. The highest BCUT2D eigenvalue weighted by Crippen LogP contribution is 2.17. The van der Waals surface area contributed by atoms with Crippen molar-refractivity contribution in [2.24, 2.45) is 5.92 Å². The summed E-state index contributed by atoms with van der Waals surface area (Å²) in [5.41, 5.74) is 0. The Kier molecular flexibility index (Phi) is 6.13. The minimum absolute atomic E-state index is 0.366. The monoisotopic (exact) mass is 266 g/mol. The molecule has 0 fully saturated rings. The predicted molar refractivity (Wildman–Crippen MR) is 76.1 cm³/mol. The molecule has 0 aliphatic rings. The van der Waals surface area contributed by atoms with E-state index >= 15 is 0 Å². The highest BCUT2D eigenvalue weighted by atomic mass is 32.2. The SMILES string of the molecule is CCCC(CC)C/C=C\S(=O)(=O)c1ccccc1. The van der Waals surface area contributed by atoms with Gasteiger partial charge in [0.05, 0.1) is 4.90 Å². The zero-order chi connectivity index (χ0) is 13.4. The molecule has 0 spiro atoms. The maximum absolute atomic E-state index is 12.0. The third-order valence-corrected chi connectivity index (χ3v) is 4.57. The Hall–Kier alpha value is -1.09. The molecule has 18 heavy (non-hydrogen) atoms. The summed E-state index contributed by atoms with van der Waals surface area (Å²) in [5.74, 6) is 0.595. The van der Waals surface area contributed by atoms with Crippen LogP contribution in [0.3, 0.4) is 0 Å². The predicted octanol–water partition coefficient (Wildman–Crippen LogP) is 4.19. The van der Waals surface area contributed by atoms with Crippen LogP contribution in [0.2, 0.25) is 0 Å². The number of hydrogen-bond donors (Lipinski definition) is 0. The van der Waals surface area contributed by atoms with Crippen LogP contribution in [0, 0.1) is 5.92 Å². The number of benzene rings is 1. The third-order valence-electron chi connectivity index (χ3n) is 3.09. The van der Waals surface area contributed by atoms with E-state index in [2.05, 4.69) is 13.8 Å². The fraction of sp³-hybridized carbons (Fsp3) is 0.467. The maximum Gasteiger partial charge on any atom is 0.199 e. The molecule has 1 aromatic rings. The second-order valence-corrected chi connectivity index (χ2v) is 6.36. The lowest BCUT2D eigenvalue weighted by Gasteiger charge is -2.09. The molecule has 0 radical (unpaired) electrons. The van der Waals surface area contributed by atoms with Crippen LogP contribution in [0.25, 0.3) is 0 Å². The van der Waals surface area contributed by atoms with Crippen LogP contribution in [0.15, 0.2) is 46.7 Å². The molecule has 0 aliphatic heterocycles. The molecule has 3 heteroatoms. The summed E-state index contributed by atoms with van der Waals surface area (Å²) in [6.07, 6.45) is 6.05. The van der Waals surface area contributed by atoms with E-state index in [1.165, 1.54) is 5.41 Å². The molecule has 0 aromatic heterocycles. The molecule has 1 unspecified atom stereocenters. The summed E-state index contributed by atoms with van der Waals surface area (Å²) < 4.78 is 23.9. The molecule has 0 saturated heterocycles. The zero-order valence-corrected chi connectivity index (χ0v) is 12.0. The second kappa shape index (κ2) is 7.37. The average molecular weight is 266 g/mol. The molecule has 100 valence electrons. The van der Waals surface area contributed by atoms with E-state index in [0.717, 1.165) is 25.7 Å². The first-order valence-electron chi connectivity index (χ1n) is 6.56. The van der Waals surface area contributed by atoms with E-state index < -0.39 is 9.84 Å². The van der Waals surface area contributed by atoms with Crippen molar-refractivity contribution in [2.45, 2.75) is 44.4 Å². The first-order chi connectivity index (χ1) is 8.60. The molecule has 1 rings (SSSR count). The molecular formula is C15H22O2S. The van der Waals surface area contributed by atoms with Crippen LogP contribution in [0.1, 0.15) is 39.5 Å². The van der Waals surface area contributed by atoms with Gasteiger partial charge in [0.25, 0.3) is 0 Å². The maximum atomic E-state index is 12.0. The van der Waals surface area contributed by atoms with E-state index in [4.69, 9.17) is 0 Å². The topological polar surface area (TPSA) is 34.1 Å². The largest absolute Gasteiger partial charge is 0.219 e. The molecule has 2 nitrogen and oxygen atoms in total. The van der Waals surface area contributed by atoms with Gasteiger partial charge in [0.2, 0.25) is 0 Å². The van der Waals surface area contributed by atoms with Crippen LogP contribution in [-0.4, -0.2) is 8.42 Å². The van der Waals surface area contributed by atoms with Crippen molar-refractivity contribution in [1.82, 2.24) is 0 Å². The molecule has 0 heterocycles. The number of rotatable bonds is 7. The first kappa shape index (κ1) is 15.0. The Morgan fingerprint density at radius 1 is 1.17 bits per heavy atom. The summed E-state index contributed by atoms with van der Waals surface area (Å²) in [4.78, 5) is 0.366. The van der Waals surface area contributed by atoms with Gasteiger partial charge in [-0.3, -0.25) is 0 Å². The summed E-state index contributed by atoms with van der Waals surface area (Å²) >= 11 is 0. The van der Waals surface area contributed by atoms with Gasteiger partial charge in [-0.05, 0) is 24.5 Å². The van der Waals surface area contributed by atoms with Gasteiger partial charge in [0, 0.05) is 5.41 Å². The lowest BCUT2D eigenvalue weighted by Crippen LogP contribution is -1.98. The summed E-state index contributed by atoms with van der Waals surface area (Å²) in [7, 11) is -3.26. The van der Waals surface area contributed by atoms with E-state index in [9.17, 15) is 8.42 Å². The molecule has 1 aromatic carbocycles. The van der Waals surface area contributed by atoms with Crippen LogP contribution < -0.4 is 0 Å². The van der Waals surface area contributed by atoms with Crippen LogP contribution >= 0.6 is 0 Å². The van der Waals surface area contributed by atoms with Gasteiger partial charge in [-0.25, -0.2) is 8.42 Å². The van der Waals surface area contributed by atoms with E-state index in [1.54, 1.807) is 30.3 Å². The summed E-state index contributed by atoms with van der Waals surface area (Å²) in [5, 5.41) is 1.35. The third kappa shape index (κ3) is 4.65. The highest BCUT2D eigenvalue weighted by Gasteiger charge is 2.09. The van der Waals surface area contributed by atoms with Crippen molar-refractivity contribution in [3.8, 4) is 0 Å². The van der Waals surface area contributed by atoms with E-state index in [1.807, 2.05) is 6.07 Å². The Morgan fingerprint density at radius 3 is 2.39 bits per heavy atom. The van der Waals surface area contributed by atoms with Gasteiger partial charge < -0.3 is 0 Å². The summed E-state index contributed by atoms with van der Waals surface area (Å²) in [6.45, 7) is 4.31. The van der Waals surface area contributed by atoms with Gasteiger partial charge in [0.1, 0.15) is 0 Å². The van der Waals surface area contributed by atoms with Crippen molar-refractivity contribution >= 4 is 9.84 Å². The normalized spacial score (nSPS) is 13.9. The van der Waals surface area contributed by atoms with Crippen molar-refractivity contribution < 1.29 is 8.42 Å². The van der Waals surface area contributed by atoms with Gasteiger partial charge in [-0.2, -0.15) is 0 Å². The van der Waals surface area contributed by atoms with Crippen molar-refractivity contribution in [1.29, 1.82) is 0 Å². The lowest BCUT2D eigenvalue weighted by molar-refractivity contribution is 0.470.